The molecule has 1 N–H and O–H groups in total. The molecule has 0 saturated carbocycles. The third-order valence-electron chi connectivity index (χ3n) is 3.01. The van der Waals surface area contributed by atoms with E-state index in [1.165, 1.54) is 0 Å². The van der Waals surface area contributed by atoms with E-state index in [1.807, 2.05) is 48.5 Å². The Morgan fingerprint density at radius 1 is 1.20 bits per heavy atom. The lowest BCUT2D eigenvalue weighted by molar-refractivity contribution is 0.0377. The number of halogens is 1. The monoisotopic (exact) mass is 288 g/mol. The number of hydroxylamine groups is 1. The SMILES string of the molecule is COc1ccc(C2=NC(c3cccc(Cl)c3)ON2)cc1. The number of rotatable bonds is 3. The van der Waals surface area contributed by atoms with Gasteiger partial charge in [-0.05, 0) is 36.4 Å². The molecule has 1 aliphatic rings. The van der Waals surface area contributed by atoms with Gasteiger partial charge in [-0.15, -0.1) is 0 Å². The van der Waals surface area contributed by atoms with Crippen LogP contribution in [0, 0.1) is 0 Å². The fraction of sp³-hybridized carbons (Fsp3) is 0.133. The van der Waals surface area contributed by atoms with Crippen LogP contribution < -0.4 is 10.2 Å². The van der Waals surface area contributed by atoms with Crippen LogP contribution in [-0.4, -0.2) is 12.9 Å². The summed E-state index contributed by atoms with van der Waals surface area (Å²) in [5.41, 5.74) is 4.70. The number of hydrogen-bond donors (Lipinski definition) is 1. The smallest absolute Gasteiger partial charge is 0.202 e. The molecule has 102 valence electrons. The van der Waals surface area contributed by atoms with E-state index in [4.69, 9.17) is 21.2 Å². The van der Waals surface area contributed by atoms with Gasteiger partial charge < -0.3 is 4.74 Å². The summed E-state index contributed by atoms with van der Waals surface area (Å²) in [5.74, 6) is 1.50. The van der Waals surface area contributed by atoms with Crippen LogP contribution >= 0.6 is 11.6 Å². The topological polar surface area (TPSA) is 42.9 Å². The normalized spacial score (nSPS) is 17.5. The van der Waals surface area contributed by atoms with Crippen molar-refractivity contribution < 1.29 is 9.57 Å². The molecule has 1 atom stereocenters. The van der Waals surface area contributed by atoms with Gasteiger partial charge in [-0.2, -0.15) is 0 Å². The van der Waals surface area contributed by atoms with Crippen molar-refractivity contribution in [3.63, 3.8) is 0 Å². The van der Waals surface area contributed by atoms with E-state index in [2.05, 4.69) is 10.5 Å². The Kier molecular flexibility index (Phi) is 3.58. The second-order valence-electron chi connectivity index (χ2n) is 4.33. The van der Waals surface area contributed by atoms with Gasteiger partial charge in [0.1, 0.15) is 5.75 Å². The number of methoxy groups -OCH3 is 1. The van der Waals surface area contributed by atoms with E-state index < -0.39 is 0 Å². The lowest BCUT2D eigenvalue weighted by Gasteiger charge is -2.05. The van der Waals surface area contributed by atoms with Crippen molar-refractivity contribution in [2.75, 3.05) is 7.11 Å². The summed E-state index contributed by atoms with van der Waals surface area (Å²) >= 11 is 5.97. The Bertz CT molecular complexity index is 641. The molecule has 4 nitrogen and oxygen atoms in total. The van der Waals surface area contributed by atoms with E-state index in [0.717, 1.165) is 16.9 Å². The van der Waals surface area contributed by atoms with Crippen LogP contribution in [0.15, 0.2) is 53.5 Å². The maximum absolute atomic E-state index is 5.97. The van der Waals surface area contributed by atoms with Crippen LogP contribution in [0.2, 0.25) is 5.02 Å². The van der Waals surface area contributed by atoms with Gasteiger partial charge >= 0.3 is 0 Å². The first-order chi connectivity index (χ1) is 9.76. The van der Waals surface area contributed by atoms with Crippen molar-refractivity contribution >= 4 is 17.4 Å². The lowest BCUT2D eigenvalue weighted by atomic mass is 10.2. The van der Waals surface area contributed by atoms with Crippen molar-refractivity contribution in [2.24, 2.45) is 4.99 Å². The molecule has 3 rings (SSSR count). The molecule has 5 heteroatoms. The number of aliphatic imine (C=N–C) groups is 1. The molecule has 0 amide bonds. The highest BCUT2D eigenvalue weighted by molar-refractivity contribution is 6.30. The fourth-order valence-corrected chi connectivity index (χ4v) is 2.17. The van der Waals surface area contributed by atoms with Crippen LogP contribution in [0.25, 0.3) is 0 Å². The average molecular weight is 289 g/mol. The van der Waals surface area contributed by atoms with Crippen LogP contribution in [0.5, 0.6) is 5.75 Å². The molecule has 20 heavy (non-hydrogen) atoms. The van der Waals surface area contributed by atoms with E-state index in [1.54, 1.807) is 7.11 Å². The van der Waals surface area contributed by atoms with E-state index in [0.29, 0.717) is 10.9 Å². The van der Waals surface area contributed by atoms with Gasteiger partial charge in [-0.1, -0.05) is 23.7 Å². The Hall–Kier alpha value is -2.04. The van der Waals surface area contributed by atoms with Crippen molar-refractivity contribution in [3.8, 4) is 5.75 Å². The highest BCUT2D eigenvalue weighted by Gasteiger charge is 2.20. The summed E-state index contributed by atoms with van der Waals surface area (Å²) in [6.45, 7) is 0. The predicted octanol–water partition coefficient (Wildman–Crippen LogP) is 3.33. The molecule has 0 spiro atoms. The zero-order valence-electron chi connectivity index (χ0n) is 10.8. The molecule has 2 aromatic carbocycles. The number of benzene rings is 2. The molecule has 1 heterocycles. The fourth-order valence-electron chi connectivity index (χ4n) is 1.97. The average Bonchev–Trinajstić information content (AvgIpc) is 2.97. The Balaban J connectivity index is 1.83. The Labute approximate surface area is 122 Å². The molecule has 2 aromatic rings. The van der Waals surface area contributed by atoms with Crippen LogP contribution in [0.3, 0.4) is 0 Å². The summed E-state index contributed by atoms with van der Waals surface area (Å²) in [4.78, 5) is 9.98. The summed E-state index contributed by atoms with van der Waals surface area (Å²) in [5, 5.41) is 0.666. The second-order valence-corrected chi connectivity index (χ2v) is 4.77. The van der Waals surface area contributed by atoms with Crippen molar-refractivity contribution in [3.05, 3.63) is 64.7 Å². The molecule has 0 saturated heterocycles. The third-order valence-corrected chi connectivity index (χ3v) is 3.25. The van der Waals surface area contributed by atoms with Gasteiger partial charge in [0.25, 0.3) is 0 Å². The first-order valence-corrected chi connectivity index (χ1v) is 6.53. The van der Waals surface area contributed by atoms with E-state index >= 15 is 0 Å². The molecule has 0 aromatic heterocycles. The van der Waals surface area contributed by atoms with E-state index in [-0.39, 0.29) is 6.23 Å². The van der Waals surface area contributed by atoms with E-state index in [9.17, 15) is 0 Å². The molecule has 0 aliphatic carbocycles. The standard InChI is InChI=1S/C15H13ClN2O2/c1-19-13-7-5-10(6-8-13)14-17-15(20-18-14)11-3-2-4-12(16)9-11/h2-9,15H,1H3,(H,17,18). The number of ether oxygens (including phenoxy) is 1. The van der Waals surface area contributed by atoms with Crippen molar-refractivity contribution in [1.29, 1.82) is 0 Å². The summed E-state index contributed by atoms with van der Waals surface area (Å²) < 4.78 is 5.13. The van der Waals surface area contributed by atoms with Crippen molar-refractivity contribution in [1.82, 2.24) is 5.48 Å². The minimum absolute atomic E-state index is 0.384. The predicted molar refractivity (Wildman–Crippen MR) is 77.9 cm³/mol. The van der Waals surface area contributed by atoms with Gasteiger partial charge in [0.15, 0.2) is 5.84 Å². The highest BCUT2D eigenvalue weighted by atomic mass is 35.5. The largest absolute Gasteiger partial charge is 0.497 e. The summed E-state index contributed by atoms with van der Waals surface area (Å²) in [6.07, 6.45) is -0.384. The Morgan fingerprint density at radius 2 is 2.00 bits per heavy atom. The lowest BCUT2D eigenvalue weighted by Crippen LogP contribution is -2.17. The minimum Gasteiger partial charge on any atom is -0.497 e. The zero-order chi connectivity index (χ0) is 13.9. The van der Waals surface area contributed by atoms with Gasteiger partial charge in [0.2, 0.25) is 6.23 Å². The van der Waals surface area contributed by atoms with Gasteiger partial charge in [0.05, 0.1) is 7.11 Å². The summed E-state index contributed by atoms with van der Waals surface area (Å²) in [7, 11) is 1.64. The molecular formula is C15H13ClN2O2. The number of amidine groups is 1. The maximum atomic E-state index is 5.97. The molecular weight excluding hydrogens is 276 g/mol. The molecule has 1 unspecified atom stereocenters. The van der Waals surface area contributed by atoms with Gasteiger partial charge in [0, 0.05) is 16.1 Å². The maximum Gasteiger partial charge on any atom is 0.202 e. The van der Waals surface area contributed by atoms with Crippen LogP contribution in [0.1, 0.15) is 17.4 Å². The van der Waals surface area contributed by atoms with Crippen molar-refractivity contribution in [2.45, 2.75) is 6.23 Å². The van der Waals surface area contributed by atoms with Crippen LogP contribution in [0.4, 0.5) is 0 Å². The minimum atomic E-state index is -0.384. The van der Waals surface area contributed by atoms with Gasteiger partial charge in [-0.3, -0.25) is 0 Å². The molecule has 0 fully saturated rings. The third kappa shape index (κ3) is 2.61. The second kappa shape index (κ2) is 5.53. The van der Waals surface area contributed by atoms with Gasteiger partial charge in [-0.25, -0.2) is 15.3 Å². The number of hydrogen-bond acceptors (Lipinski definition) is 4. The first-order valence-electron chi connectivity index (χ1n) is 6.15. The first kappa shape index (κ1) is 13.0. The molecule has 1 aliphatic heterocycles. The number of nitrogens with one attached hydrogen (secondary N) is 1. The number of nitrogens with zero attached hydrogens (tertiary/aromatic N) is 1. The highest BCUT2D eigenvalue weighted by Crippen LogP contribution is 2.25. The molecule has 0 radical (unpaired) electrons. The quantitative estimate of drug-likeness (QED) is 0.942. The zero-order valence-corrected chi connectivity index (χ0v) is 11.6. The van der Waals surface area contributed by atoms with Crippen LogP contribution in [-0.2, 0) is 4.84 Å². The summed E-state index contributed by atoms with van der Waals surface area (Å²) in [6, 6.07) is 15.1. The Morgan fingerprint density at radius 3 is 2.70 bits per heavy atom. The molecule has 0 bridgehead atoms.